The number of thioether (sulfide) groups is 1. The van der Waals surface area contributed by atoms with Crippen LogP contribution in [0, 0.1) is 0 Å². The lowest BCUT2D eigenvalue weighted by Gasteiger charge is -2.23. The van der Waals surface area contributed by atoms with Gasteiger partial charge in [0.2, 0.25) is 17.7 Å². The summed E-state index contributed by atoms with van der Waals surface area (Å²) in [5.41, 5.74) is 0. The Bertz CT molecular complexity index is 445. The van der Waals surface area contributed by atoms with Crippen molar-refractivity contribution in [2.75, 3.05) is 18.6 Å². The molecule has 132 valence electrons. The summed E-state index contributed by atoms with van der Waals surface area (Å²) in [4.78, 5) is 45.6. The first kappa shape index (κ1) is 21.2. The maximum atomic E-state index is 12.1. The number of aliphatic hydroxyl groups is 1. The Morgan fingerprint density at radius 3 is 2.13 bits per heavy atom. The lowest BCUT2D eigenvalue weighted by Crippen LogP contribution is -2.57. The highest BCUT2D eigenvalue weighted by Crippen LogP contribution is 2.02. The maximum Gasteiger partial charge on any atom is 0.243 e. The van der Waals surface area contributed by atoms with Crippen molar-refractivity contribution >= 4 is 35.5 Å². The zero-order valence-corrected chi connectivity index (χ0v) is 14.1. The van der Waals surface area contributed by atoms with E-state index >= 15 is 0 Å². The van der Waals surface area contributed by atoms with Gasteiger partial charge in [0.25, 0.3) is 0 Å². The number of carboxylic acid groups (broad SMARTS) is 1. The summed E-state index contributed by atoms with van der Waals surface area (Å²) < 4.78 is 0. The van der Waals surface area contributed by atoms with Gasteiger partial charge in [-0.1, -0.05) is 0 Å². The molecule has 23 heavy (non-hydrogen) atoms. The standard InChI is InChI=1S/C13H23N3O6S/c1-7(11(19)16-10(6-17)13(21)22)14-12(20)9(4-5-23-3)15-8(2)18/h7,9-10,17H,4-6H2,1-3H3,(H,14,20)(H,15,18)(H,16,19)(H,21,22)/p-1/t7-,9-,10-/m0/s1. The highest BCUT2D eigenvalue weighted by molar-refractivity contribution is 7.98. The Hall–Kier alpha value is -1.81. The highest BCUT2D eigenvalue weighted by atomic mass is 32.2. The van der Waals surface area contributed by atoms with Crippen molar-refractivity contribution in [1.29, 1.82) is 0 Å². The van der Waals surface area contributed by atoms with Crippen molar-refractivity contribution in [2.24, 2.45) is 0 Å². The largest absolute Gasteiger partial charge is 0.548 e. The Balaban J connectivity index is 4.66. The first-order chi connectivity index (χ1) is 10.7. The number of carbonyl (C=O) groups excluding carboxylic acids is 4. The number of carbonyl (C=O) groups is 4. The molecule has 0 saturated heterocycles. The molecule has 4 N–H and O–H groups in total. The van der Waals surface area contributed by atoms with Crippen molar-refractivity contribution in [2.45, 2.75) is 38.4 Å². The van der Waals surface area contributed by atoms with Crippen LogP contribution in [-0.2, 0) is 19.2 Å². The van der Waals surface area contributed by atoms with Gasteiger partial charge in [0.1, 0.15) is 12.1 Å². The van der Waals surface area contributed by atoms with Crippen LogP contribution in [0.15, 0.2) is 0 Å². The number of rotatable bonds is 10. The molecule has 3 amide bonds. The van der Waals surface area contributed by atoms with Gasteiger partial charge in [-0.2, -0.15) is 11.8 Å². The van der Waals surface area contributed by atoms with Gasteiger partial charge in [0, 0.05) is 6.92 Å². The second kappa shape index (κ2) is 10.8. The summed E-state index contributed by atoms with van der Waals surface area (Å²) in [6.07, 6.45) is 2.24. The highest BCUT2D eigenvalue weighted by Gasteiger charge is 2.24. The monoisotopic (exact) mass is 348 g/mol. The first-order valence-corrected chi connectivity index (χ1v) is 8.30. The molecular weight excluding hydrogens is 326 g/mol. The molecule has 0 aromatic carbocycles. The van der Waals surface area contributed by atoms with E-state index < -0.39 is 42.5 Å². The van der Waals surface area contributed by atoms with E-state index in [1.54, 1.807) is 0 Å². The van der Waals surface area contributed by atoms with E-state index in [9.17, 15) is 24.3 Å². The van der Waals surface area contributed by atoms with Crippen LogP contribution in [0.25, 0.3) is 0 Å². The smallest absolute Gasteiger partial charge is 0.243 e. The fourth-order valence-electron chi connectivity index (χ4n) is 1.61. The number of hydrogen-bond acceptors (Lipinski definition) is 7. The summed E-state index contributed by atoms with van der Waals surface area (Å²) in [6, 6.07) is -3.38. The molecule has 0 radical (unpaired) electrons. The van der Waals surface area contributed by atoms with Crippen LogP contribution in [0.5, 0.6) is 0 Å². The Morgan fingerprint density at radius 1 is 1.09 bits per heavy atom. The summed E-state index contributed by atoms with van der Waals surface area (Å²) in [6.45, 7) is 1.81. The Kier molecular flexibility index (Phi) is 9.99. The second-order valence-electron chi connectivity index (χ2n) is 4.83. The number of nitrogens with one attached hydrogen (secondary N) is 3. The van der Waals surface area contributed by atoms with Crippen LogP contribution in [0.2, 0.25) is 0 Å². The third-order valence-corrected chi connectivity index (χ3v) is 3.48. The molecule has 0 aliphatic rings. The molecule has 0 unspecified atom stereocenters. The van der Waals surface area contributed by atoms with Gasteiger partial charge in [-0.05, 0) is 25.4 Å². The van der Waals surface area contributed by atoms with Gasteiger partial charge in [0.15, 0.2) is 0 Å². The minimum Gasteiger partial charge on any atom is -0.548 e. The van der Waals surface area contributed by atoms with Crippen molar-refractivity contribution in [3.05, 3.63) is 0 Å². The first-order valence-electron chi connectivity index (χ1n) is 6.91. The van der Waals surface area contributed by atoms with E-state index in [1.807, 2.05) is 11.6 Å². The maximum absolute atomic E-state index is 12.1. The van der Waals surface area contributed by atoms with E-state index in [0.717, 1.165) is 0 Å². The number of aliphatic hydroxyl groups excluding tert-OH is 1. The van der Waals surface area contributed by atoms with E-state index in [-0.39, 0.29) is 5.91 Å². The molecule has 9 nitrogen and oxygen atoms in total. The number of hydrogen-bond donors (Lipinski definition) is 4. The summed E-state index contributed by atoms with van der Waals surface area (Å²) in [5.74, 6) is -2.70. The van der Waals surface area contributed by atoms with Gasteiger partial charge >= 0.3 is 0 Å². The topological polar surface area (TPSA) is 148 Å². The molecule has 3 atom stereocenters. The lowest BCUT2D eigenvalue weighted by atomic mass is 10.2. The molecular formula is C13H22N3O6S-. The number of aliphatic carboxylic acids is 1. The second-order valence-corrected chi connectivity index (χ2v) is 5.81. The third kappa shape index (κ3) is 8.41. The summed E-state index contributed by atoms with van der Waals surface area (Å²) in [5, 5.41) is 26.4. The van der Waals surface area contributed by atoms with Crippen LogP contribution in [0.4, 0.5) is 0 Å². The third-order valence-electron chi connectivity index (χ3n) is 2.84. The average molecular weight is 348 g/mol. The molecule has 0 saturated carbocycles. The minimum absolute atomic E-state index is 0.374. The van der Waals surface area contributed by atoms with Gasteiger partial charge < -0.3 is 31.0 Å². The van der Waals surface area contributed by atoms with Crippen molar-refractivity contribution in [1.82, 2.24) is 16.0 Å². The molecule has 0 aliphatic heterocycles. The fourth-order valence-corrected chi connectivity index (χ4v) is 2.08. The molecule has 0 fully saturated rings. The predicted molar refractivity (Wildman–Crippen MR) is 82.2 cm³/mol. The molecule has 0 aliphatic carbocycles. The number of carboxylic acids is 1. The van der Waals surface area contributed by atoms with Gasteiger partial charge in [-0.15, -0.1) is 0 Å². The van der Waals surface area contributed by atoms with Crippen LogP contribution < -0.4 is 21.1 Å². The molecule has 0 heterocycles. The van der Waals surface area contributed by atoms with Crippen LogP contribution in [0.3, 0.4) is 0 Å². The Morgan fingerprint density at radius 2 is 1.70 bits per heavy atom. The van der Waals surface area contributed by atoms with E-state index in [4.69, 9.17) is 5.11 Å². The van der Waals surface area contributed by atoms with Gasteiger partial charge in [-0.3, -0.25) is 14.4 Å². The molecule has 0 rings (SSSR count). The fraction of sp³-hybridized carbons (Fsp3) is 0.692. The molecule has 0 spiro atoms. The van der Waals surface area contributed by atoms with Crippen molar-refractivity contribution < 1.29 is 29.4 Å². The minimum atomic E-state index is -1.63. The van der Waals surface area contributed by atoms with Crippen molar-refractivity contribution in [3.63, 3.8) is 0 Å². The summed E-state index contributed by atoms with van der Waals surface area (Å²) >= 11 is 1.50. The van der Waals surface area contributed by atoms with E-state index in [2.05, 4.69) is 10.6 Å². The zero-order chi connectivity index (χ0) is 18.0. The molecule has 10 heteroatoms. The summed E-state index contributed by atoms with van der Waals surface area (Å²) in [7, 11) is 0. The van der Waals surface area contributed by atoms with E-state index in [1.165, 1.54) is 25.6 Å². The average Bonchev–Trinajstić information content (AvgIpc) is 2.47. The molecule has 0 aromatic rings. The number of amides is 3. The lowest BCUT2D eigenvalue weighted by molar-refractivity contribution is -0.309. The van der Waals surface area contributed by atoms with Crippen LogP contribution in [-0.4, -0.2) is 65.5 Å². The zero-order valence-electron chi connectivity index (χ0n) is 13.3. The molecule has 0 aromatic heterocycles. The van der Waals surface area contributed by atoms with Gasteiger partial charge in [-0.25, -0.2) is 0 Å². The van der Waals surface area contributed by atoms with Crippen molar-refractivity contribution in [3.8, 4) is 0 Å². The van der Waals surface area contributed by atoms with Crippen LogP contribution in [0.1, 0.15) is 20.3 Å². The Labute approximate surface area is 138 Å². The van der Waals surface area contributed by atoms with Gasteiger partial charge in [0.05, 0.1) is 18.6 Å². The normalized spacial score (nSPS) is 14.3. The van der Waals surface area contributed by atoms with Crippen LogP contribution >= 0.6 is 11.8 Å². The SMILES string of the molecule is CSCC[C@H](NC(C)=O)C(=O)N[C@@H](C)C(=O)N[C@@H](CO)C(=O)[O-]. The molecule has 0 bridgehead atoms. The quantitative estimate of drug-likeness (QED) is 0.328. The predicted octanol–water partition coefficient (Wildman–Crippen LogP) is -3.02. The van der Waals surface area contributed by atoms with E-state index in [0.29, 0.717) is 12.2 Å².